The van der Waals surface area contributed by atoms with Crippen molar-refractivity contribution in [1.29, 1.82) is 0 Å². The maximum Gasteiger partial charge on any atom is 0.254 e. The highest BCUT2D eigenvalue weighted by Gasteiger charge is 2.26. The van der Waals surface area contributed by atoms with E-state index in [2.05, 4.69) is 11.4 Å². The van der Waals surface area contributed by atoms with Crippen molar-refractivity contribution in [3.8, 4) is 5.75 Å². The van der Waals surface area contributed by atoms with Crippen molar-refractivity contribution >= 4 is 29.0 Å². The first kappa shape index (κ1) is 20.9. The number of thiophene rings is 1. The molecule has 1 fully saturated rings. The Morgan fingerprint density at radius 2 is 1.90 bits per heavy atom. The SMILES string of the molecule is O=C(c1ccccc1SCc1cccs1)N1CCC(Oc2ccc(F)cc2F)CC1. The fraction of sp³-hybridized carbons (Fsp3) is 0.261. The fourth-order valence-corrected chi connectivity index (χ4v) is 5.23. The summed E-state index contributed by atoms with van der Waals surface area (Å²) in [5, 5.41) is 2.05. The number of likely N-dealkylation sites (tertiary alicyclic amines) is 1. The Morgan fingerprint density at radius 3 is 2.63 bits per heavy atom. The number of hydrogen-bond acceptors (Lipinski definition) is 4. The van der Waals surface area contributed by atoms with Gasteiger partial charge in [-0.15, -0.1) is 23.1 Å². The van der Waals surface area contributed by atoms with Crippen molar-refractivity contribution < 1.29 is 18.3 Å². The minimum atomic E-state index is -0.704. The molecule has 1 saturated heterocycles. The Labute approximate surface area is 182 Å². The number of thioether (sulfide) groups is 1. The lowest BCUT2D eigenvalue weighted by Crippen LogP contribution is -2.42. The first-order valence-electron chi connectivity index (χ1n) is 9.75. The molecule has 7 heteroatoms. The van der Waals surface area contributed by atoms with E-state index in [4.69, 9.17) is 4.74 Å². The van der Waals surface area contributed by atoms with E-state index in [1.165, 1.54) is 17.0 Å². The van der Waals surface area contributed by atoms with Crippen LogP contribution in [0.15, 0.2) is 64.9 Å². The molecule has 30 heavy (non-hydrogen) atoms. The van der Waals surface area contributed by atoms with Gasteiger partial charge in [-0.05, 0) is 35.7 Å². The van der Waals surface area contributed by atoms with Gasteiger partial charge in [-0.3, -0.25) is 4.79 Å². The van der Waals surface area contributed by atoms with E-state index in [9.17, 15) is 13.6 Å². The van der Waals surface area contributed by atoms with Gasteiger partial charge in [0.15, 0.2) is 11.6 Å². The van der Waals surface area contributed by atoms with Crippen LogP contribution in [-0.2, 0) is 5.75 Å². The van der Waals surface area contributed by atoms with Crippen LogP contribution in [-0.4, -0.2) is 30.0 Å². The largest absolute Gasteiger partial charge is 0.487 e. The molecule has 0 spiro atoms. The van der Waals surface area contributed by atoms with Crippen LogP contribution in [0.4, 0.5) is 8.78 Å². The standard InChI is InChI=1S/C23H21F2NO2S2/c24-16-7-8-21(20(25)14-16)28-17-9-11-26(12-10-17)23(27)19-5-1-2-6-22(19)30-15-18-4-3-13-29-18/h1-8,13-14,17H,9-12,15H2. The summed E-state index contributed by atoms with van der Waals surface area (Å²) in [4.78, 5) is 17.2. The molecule has 0 aliphatic carbocycles. The first-order chi connectivity index (χ1) is 14.6. The summed E-state index contributed by atoms with van der Waals surface area (Å²) in [7, 11) is 0. The lowest BCUT2D eigenvalue weighted by Gasteiger charge is -2.32. The molecule has 0 N–H and O–H groups in total. The molecule has 0 unspecified atom stereocenters. The van der Waals surface area contributed by atoms with Crippen LogP contribution >= 0.6 is 23.1 Å². The minimum Gasteiger partial charge on any atom is -0.487 e. The molecule has 1 aliphatic heterocycles. The second-order valence-corrected chi connectivity index (χ2v) is 9.10. The van der Waals surface area contributed by atoms with Gasteiger partial charge in [-0.1, -0.05) is 18.2 Å². The molecule has 2 heterocycles. The topological polar surface area (TPSA) is 29.5 Å². The number of halogens is 2. The number of carbonyl (C=O) groups is 1. The third kappa shape index (κ3) is 5.02. The van der Waals surface area contributed by atoms with Gasteiger partial charge < -0.3 is 9.64 Å². The van der Waals surface area contributed by atoms with Crippen LogP contribution in [0.25, 0.3) is 0 Å². The predicted octanol–water partition coefficient (Wildman–Crippen LogP) is 6.00. The number of ether oxygens (including phenoxy) is 1. The van der Waals surface area contributed by atoms with E-state index in [1.807, 2.05) is 35.2 Å². The smallest absolute Gasteiger partial charge is 0.254 e. The van der Waals surface area contributed by atoms with Gasteiger partial charge in [0.05, 0.1) is 5.56 Å². The van der Waals surface area contributed by atoms with E-state index < -0.39 is 11.6 Å². The Morgan fingerprint density at radius 1 is 1.10 bits per heavy atom. The number of hydrogen-bond donors (Lipinski definition) is 0. The number of benzene rings is 2. The molecule has 1 amide bonds. The van der Waals surface area contributed by atoms with Gasteiger partial charge in [-0.2, -0.15) is 0 Å². The van der Waals surface area contributed by atoms with Crippen LogP contribution in [0.1, 0.15) is 28.1 Å². The molecule has 0 radical (unpaired) electrons. The first-order valence-corrected chi connectivity index (χ1v) is 11.6. The molecule has 0 saturated carbocycles. The molecular weight excluding hydrogens is 424 g/mol. The van der Waals surface area contributed by atoms with Crippen molar-refractivity contribution in [2.24, 2.45) is 0 Å². The van der Waals surface area contributed by atoms with Crippen LogP contribution in [0, 0.1) is 11.6 Å². The van der Waals surface area contributed by atoms with E-state index in [-0.39, 0.29) is 17.8 Å². The molecule has 4 rings (SSSR count). The van der Waals surface area contributed by atoms with Crippen molar-refractivity contribution in [3.63, 3.8) is 0 Å². The Hall–Kier alpha value is -2.38. The Bertz CT molecular complexity index is 1000. The van der Waals surface area contributed by atoms with Gasteiger partial charge >= 0.3 is 0 Å². The fourth-order valence-electron chi connectivity index (χ4n) is 3.41. The zero-order valence-corrected chi connectivity index (χ0v) is 17.9. The lowest BCUT2D eigenvalue weighted by molar-refractivity contribution is 0.0585. The Kier molecular flexibility index (Phi) is 6.69. The quantitative estimate of drug-likeness (QED) is 0.436. The van der Waals surface area contributed by atoms with Gasteiger partial charge in [0.25, 0.3) is 5.91 Å². The van der Waals surface area contributed by atoms with Gasteiger partial charge in [0.1, 0.15) is 11.9 Å². The second kappa shape index (κ2) is 9.62. The summed E-state index contributed by atoms with van der Waals surface area (Å²) in [5.41, 5.74) is 0.711. The molecule has 1 aliphatic rings. The number of rotatable bonds is 6. The average Bonchev–Trinajstić information content (AvgIpc) is 3.28. The van der Waals surface area contributed by atoms with Gasteiger partial charge in [-0.25, -0.2) is 8.78 Å². The van der Waals surface area contributed by atoms with Crippen LogP contribution < -0.4 is 4.74 Å². The number of carbonyl (C=O) groups excluding carboxylic acids is 1. The van der Waals surface area contributed by atoms with Crippen molar-refractivity contribution in [3.05, 3.63) is 82.1 Å². The Balaban J connectivity index is 1.36. The third-order valence-electron chi connectivity index (χ3n) is 4.98. The summed E-state index contributed by atoms with van der Waals surface area (Å²) in [6.45, 7) is 1.08. The molecule has 1 aromatic heterocycles. The molecule has 3 nitrogen and oxygen atoms in total. The van der Waals surface area contributed by atoms with Crippen LogP contribution in [0.2, 0.25) is 0 Å². The molecule has 3 aromatic rings. The van der Waals surface area contributed by atoms with Crippen molar-refractivity contribution in [1.82, 2.24) is 4.90 Å². The molecule has 2 aromatic carbocycles. The van der Waals surface area contributed by atoms with Crippen molar-refractivity contribution in [2.75, 3.05) is 13.1 Å². The molecule has 0 bridgehead atoms. The van der Waals surface area contributed by atoms with Crippen LogP contribution in [0.5, 0.6) is 5.75 Å². The summed E-state index contributed by atoms with van der Waals surface area (Å²) in [6, 6.07) is 15.1. The molecular formula is C23H21F2NO2S2. The average molecular weight is 446 g/mol. The van der Waals surface area contributed by atoms with E-state index >= 15 is 0 Å². The summed E-state index contributed by atoms with van der Waals surface area (Å²) in [6.07, 6.45) is 1.01. The van der Waals surface area contributed by atoms with E-state index in [1.54, 1.807) is 23.1 Å². The highest BCUT2D eigenvalue weighted by Crippen LogP contribution is 2.30. The number of amides is 1. The summed E-state index contributed by atoms with van der Waals surface area (Å²) in [5.74, 6) is -0.436. The number of nitrogens with zero attached hydrogens (tertiary/aromatic N) is 1. The van der Waals surface area contributed by atoms with E-state index in [0.29, 0.717) is 31.5 Å². The van der Waals surface area contributed by atoms with Crippen LogP contribution in [0.3, 0.4) is 0 Å². The predicted molar refractivity (Wildman–Crippen MR) is 116 cm³/mol. The molecule has 156 valence electrons. The zero-order valence-electron chi connectivity index (χ0n) is 16.2. The monoisotopic (exact) mass is 445 g/mol. The second-order valence-electron chi connectivity index (χ2n) is 7.05. The third-order valence-corrected chi connectivity index (χ3v) is 7.17. The highest BCUT2D eigenvalue weighted by atomic mass is 32.2. The summed E-state index contributed by atoms with van der Waals surface area (Å²) >= 11 is 3.38. The number of piperidine rings is 1. The van der Waals surface area contributed by atoms with Gasteiger partial charge in [0.2, 0.25) is 0 Å². The maximum atomic E-state index is 13.8. The minimum absolute atomic E-state index is 0.00990. The van der Waals surface area contributed by atoms with E-state index in [0.717, 1.165) is 16.7 Å². The zero-order chi connectivity index (χ0) is 20.9. The molecule has 0 atom stereocenters. The highest BCUT2D eigenvalue weighted by molar-refractivity contribution is 7.98. The van der Waals surface area contributed by atoms with Crippen molar-refractivity contribution in [2.45, 2.75) is 29.6 Å². The lowest BCUT2D eigenvalue weighted by atomic mass is 10.1. The maximum absolute atomic E-state index is 13.8. The van der Waals surface area contributed by atoms with Gasteiger partial charge in [0, 0.05) is 47.5 Å². The summed E-state index contributed by atoms with van der Waals surface area (Å²) < 4.78 is 32.6. The normalized spacial score (nSPS) is 14.7.